The number of hydrogen-bond donors (Lipinski definition) is 2. The highest BCUT2D eigenvalue weighted by atomic mass is 32.1. The van der Waals surface area contributed by atoms with Crippen LogP contribution in [0, 0.1) is 11.8 Å². The van der Waals surface area contributed by atoms with E-state index in [1.807, 2.05) is 0 Å². The summed E-state index contributed by atoms with van der Waals surface area (Å²) in [7, 11) is 0. The topological polar surface area (TPSA) is 105 Å². The molecule has 1 amide bonds. The molecule has 2 saturated carbocycles. The van der Waals surface area contributed by atoms with E-state index in [1.165, 1.54) is 16.9 Å². The fourth-order valence-electron chi connectivity index (χ4n) is 4.85. The molecule has 2 aromatic heterocycles. The predicted molar refractivity (Wildman–Crippen MR) is 113 cm³/mol. The minimum absolute atomic E-state index is 0.193. The number of thiophene rings is 1. The van der Waals surface area contributed by atoms with E-state index in [0.29, 0.717) is 24.7 Å². The van der Waals surface area contributed by atoms with Gasteiger partial charge >= 0.3 is 5.97 Å². The molecule has 5 rings (SSSR count). The van der Waals surface area contributed by atoms with Gasteiger partial charge in [0.15, 0.2) is 5.82 Å². The number of carbonyl (C=O) groups is 2. The van der Waals surface area contributed by atoms with Gasteiger partial charge in [0, 0.05) is 10.8 Å². The minimum Gasteiger partial charge on any atom is -0.481 e. The first kappa shape index (κ1) is 19.7. The van der Waals surface area contributed by atoms with Crippen molar-refractivity contribution in [3.63, 3.8) is 0 Å². The molecule has 7 nitrogen and oxygen atoms in total. The van der Waals surface area contributed by atoms with E-state index in [1.54, 1.807) is 11.3 Å². The van der Waals surface area contributed by atoms with Crippen LogP contribution in [0.4, 0.5) is 5.00 Å². The van der Waals surface area contributed by atoms with Gasteiger partial charge < -0.3 is 14.9 Å². The summed E-state index contributed by atoms with van der Waals surface area (Å²) in [4.78, 5) is 30.7. The normalized spacial score (nSPS) is 24.1. The van der Waals surface area contributed by atoms with Gasteiger partial charge in [-0.05, 0) is 56.9 Å². The fourth-order valence-corrected chi connectivity index (χ4v) is 6.13. The molecule has 2 fully saturated rings. The summed E-state index contributed by atoms with van der Waals surface area (Å²) in [5, 5.41) is 17.6. The second-order valence-corrected chi connectivity index (χ2v) is 9.93. The first-order valence-corrected chi connectivity index (χ1v) is 12.0. The standard InChI is InChI=1S/C22H27N3O4S/c26-19(13-6-4-5-7-14(13)22(27)28)24-21-17(15-8-2-1-3-9-16(15)30-21)20-23-18(25-29-20)12-10-11-12/h12-14H,1-11H2,(H,24,26)(H,27,28)/t13?,14-/m1/s1. The van der Waals surface area contributed by atoms with E-state index in [9.17, 15) is 14.7 Å². The quantitative estimate of drug-likeness (QED) is 0.663. The van der Waals surface area contributed by atoms with Crippen molar-refractivity contribution in [2.75, 3.05) is 5.32 Å². The van der Waals surface area contributed by atoms with Gasteiger partial charge in [0.2, 0.25) is 5.91 Å². The lowest BCUT2D eigenvalue weighted by molar-refractivity contribution is -0.147. The van der Waals surface area contributed by atoms with Crippen molar-refractivity contribution in [1.82, 2.24) is 10.1 Å². The number of hydrogen-bond acceptors (Lipinski definition) is 6. The molecule has 0 aromatic carbocycles. The summed E-state index contributed by atoms with van der Waals surface area (Å²) in [6, 6.07) is 0. The molecule has 8 heteroatoms. The van der Waals surface area contributed by atoms with E-state index in [-0.39, 0.29) is 5.91 Å². The molecule has 0 spiro atoms. The third-order valence-corrected chi connectivity index (χ3v) is 7.88. The molecular weight excluding hydrogens is 402 g/mol. The van der Waals surface area contributed by atoms with Crippen LogP contribution in [-0.2, 0) is 22.4 Å². The molecule has 3 aliphatic carbocycles. The number of nitrogens with one attached hydrogen (secondary N) is 1. The summed E-state index contributed by atoms with van der Waals surface area (Å²) in [5.74, 6) is -0.513. The monoisotopic (exact) mass is 429 g/mol. The maximum atomic E-state index is 13.1. The Labute approximate surface area is 179 Å². The van der Waals surface area contributed by atoms with Crippen LogP contribution in [0.2, 0.25) is 0 Å². The summed E-state index contributed by atoms with van der Waals surface area (Å²) < 4.78 is 5.64. The van der Waals surface area contributed by atoms with E-state index in [2.05, 4.69) is 15.5 Å². The van der Waals surface area contributed by atoms with Crippen molar-refractivity contribution < 1.29 is 19.2 Å². The minimum atomic E-state index is -0.872. The largest absolute Gasteiger partial charge is 0.481 e. The molecule has 3 aliphatic rings. The van der Waals surface area contributed by atoms with Crippen LogP contribution in [0.25, 0.3) is 11.5 Å². The molecule has 160 valence electrons. The summed E-state index contributed by atoms with van der Waals surface area (Å²) in [6.07, 6.45) is 10.5. The van der Waals surface area contributed by atoms with Crippen molar-refractivity contribution >= 4 is 28.2 Å². The third kappa shape index (κ3) is 3.77. The maximum absolute atomic E-state index is 13.1. The highest BCUT2D eigenvalue weighted by Gasteiger charge is 2.37. The molecule has 1 unspecified atom stereocenters. The predicted octanol–water partition coefficient (Wildman–Crippen LogP) is 4.77. The number of nitrogens with zero attached hydrogens (tertiary/aromatic N) is 2. The highest BCUT2D eigenvalue weighted by molar-refractivity contribution is 7.17. The van der Waals surface area contributed by atoms with Crippen molar-refractivity contribution in [1.29, 1.82) is 0 Å². The van der Waals surface area contributed by atoms with Gasteiger partial charge in [0.1, 0.15) is 5.00 Å². The van der Waals surface area contributed by atoms with E-state index in [4.69, 9.17) is 4.52 Å². The van der Waals surface area contributed by atoms with Gasteiger partial charge in [-0.25, -0.2) is 0 Å². The molecule has 2 atom stereocenters. The Bertz CT molecular complexity index is 962. The van der Waals surface area contributed by atoms with Gasteiger partial charge in [0.25, 0.3) is 5.89 Å². The summed E-state index contributed by atoms with van der Waals surface area (Å²) >= 11 is 1.60. The van der Waals surface area contributed by atoms with Gasteiger partial charge in [-0.1, -0.05) is 24.4 Å². The fraction of sp³-hybridized carbons (Fsp3) is 0.636. The average molecular weight is 430 g/mol. The number of carboxylic acids is 1. The molecule has 2 heterocycles. The van der Waals surface area contributed by atoms with Gasteiger partial charge in [-0.3, -0.25) is 9.59 Å². The smallest absolute Gasteiger partial charge is 0.307 e. The molecule has 2 aromatic rings. The molecule has 0 saturated heterocycles. The molecule has 0 radical (unpaired) electrons. The van der Waals surface area contributed by atoms with E-state index in [0.717, 1.165) is 67.8 Å². The van der Waals surface area contributed by atoms with Crippen molar-refractivity contribution in [2.24, 2.45) is 11.8 Å². The van der Waals surface area contributed by atoms with Gasteiger partial charge in [-0.2, -0.15) is 4.98 Å². The molecule has 0 aliphatic heterocycles. The second kappa shape index (κ2) is 8.13. The lowest BCUT2D eigenvalue weighted by Gasteiger charge is -2.27. The molecule has 2 N–H and O–H groups in total. The van der Waals surface area contributed by atoms with Gasteiger partial charge in [0.05, 0.1) is 17.4 Å². The van der Waals surface area contributed by atoms with Crippen LogP contribution < -0.4 is 5.32 Å². The van der Waals surface area contributed by atoms with E-state index < -0.39 is 17.8 Å². The SMILES string of the molecule is O=C(Nc1sc2c(c1-c1nc(C3CC3)no1)CCCCC2)C1CCCC[C@H]1C(=O)O. The van der Waals surface area contributed by atoms with Crippen LogP contribution >= 0.6 is 11.3 Å². The van der Waals surface area contributed by atoms with Gasteiger partial charge in [-0.15, -0.1) is 11.3 Å². The molecule has 30 heavy (non-hydrogen) atoms. The van der Waals surface area contributed by atoms with Crippen molar-refractivity contribution in [3.8, 4) is 11.5 Å². The van der Waals surface area contributed by atoms with Crippen molar-refractivity contribution in [2.45, 2.75) is 76.5 Å². The zero-order valence-electron chi connectivity index (χ0n) is 17.0. The number of anilines is 1. The molecule has 0 bridgehead atoms. The van der Waals surface area contributed by atoms with Crippen LogP contribution in [0.15, 0.2) is 4.52 Å². The zero-order valence-corrected chi connectivity index (χ0v) is 17.8. The first-order chi connectivity index (χ1) is 14.6. The Kier molecular flexibility index (Phi) is 5.35. The average Bonchev–Trinajstić information content (AvgIpc) is 3.45. The maximum Gasteiger partial charge on any atom is 0.307 e. The third-order valence-electron chi connectivity index (χ3n) is 6.68. The number of amides is 1. The Morgan fingerprint density at radius 1 is 1.00 bits per heavy atom. The van der Waals surface area contributed by atoms with Crippen LogP contribution in [0.1, 0.15) is 80.0 Å². The van der Waals surface area contributed by atoms with Crippen molar-refractivity contribution in [3.05, 3.63) is 16.3 Å². The zero-order chi connectivity index (χ0) is 20.7. The lowest BCUT2D eigenvalue weighted by atomic mass is 9.79. The Hall–Kier alpha value is -2.22. The number of aryl methyl sites for hydroxylation is 1. The Balaban J connectivity index is 1.47. The number of aromatic nitrogens is 2. The highest BCUT2D eigenvalue weighted by Crippen LogP contribution is 2.45. The Morgan fingerprint density at radius 3 is 2.53 bits per heavy atom. The number of fused-ring (bicyclic) bond motifs is 1. The van der Waals surface area contributed by atoms with Crippen LogP contribution in [-0.4, -0.2) is 27.1 Å². The summed E-state index contributed by atoms with van der Waals surface area (Å²) in [5.41, 5.74) is 2.09. The van der Waals surface area contributed by atoms with Crippen LogP contribution in [0.3, 0.4) is 0 Å². The summed E-state index contributed by atoms with van der Waals surface area (Å²) in [6.45, 7) is 0. The Morgan fingerprint density at radius 2 is 1.77 bits per heavy atom. The number of rotatable bonds is 5. The number of carboxylic acid groups (broad SMARTS) is 1. The second-order valence-electron chi connectivity index (χ2n) is 8.83. The van der Waals surface area contributed by atoms with E-state index >= 15 is 0 Å². The lowest BCUT2D eigenvalue weighted by Crippen LogP contribution is -2.36. The number of aliphatic carboxylic acids is 1. The number of carbonyl (C=O) groups excluding carboxylic acids is 1. The molecular formula is C22H27N3O4S. The van der Waals surface area contributed by atoms with Crippen LogP contribution in [0.5, 0.6) is 0 Å². The first-order valence-electron chi connectivity index (χ1n) is 11.1.